The summed E-state index contributed by atoms with van der Waals surface area (Å²) in [6.07, 6.45) is 0.946. The molecule has 0 saturated carbocycles. The molecule has 1 aromatic carbocycles. The standard InChI is InChI=1S/C19H19ClN2O5/c20-14-1-2-15(21-9-14)12-7-13-10-22(3-4-27-18(13)16(23)8-12)19(24)17-11-25-5-6-26-17/h1-2,7-9,17,23H,3-6,10-11H2/t17-/m0/s1. The fraction of sp³-hybridized carbons (Fsp3) is 0.368. The topological polar surface area (TPSA) is 81.1 Å². The molecule has 0 spiro atoms. The van der Waals surface area contributed by atoms with Gasteiger partial charge in [0.15, 0.2) is 17.6 Å². The summed E-state index contributed by atoms with van der Waals surface area (Å²) >= 11 is 5.90. The lowest BCUT2D eigenvalue weighted by Crippen LogP contribution is -2.45. The van der Waals surface area contributed by atoms with Crippen LogP contribution in [0, 0.1) is 0 Å². The molecule has 4 rings (SSSR count). The lowest BCUT2D eigenvalue weighted by Gasteiger charge is -2.28. The second kappa shape index (κ2) is 7.72. The maximum Gasteiger partial charge on any atom is 0.254 e. The van der Waals surface area contributed by atoms with Crippen LogP contribution in [0.5, 0.6) is 11.5 Å². The van der Waals surface area contributed by atoms with Crippen LogP contribution in [0.25, 0.3) is 11.3 Å². The Morgan fingerprint density at radius 2 is 2.15 bits per heavy atom. The Bertz CT molecular complexity index is 837. The monoisotopic (exact) mass is 390 g/mol. The molecule has 0 unspecified atom stereocenters. The molecule has 1 N–H and O–H groups in total. The fourth-order valence-corrected chi connectivity index (χ4v) is 3.33. The summed E-state index contributed by atoms with van der Waals surface area (Å²) in [6.45, 7) is 2.16. The highest BCUT2D eigenvalue weighted by molar-refractivity contribution is 6.30. The average Bonchev–Trinajstić information content (AvgIpc) is 2.91. The van der Waals surface area contributed by atoms with Gasteiger partial charge in [-0.15, -0.1) is 0 Å². The predicted octanol–water partition coefficient (Wildman–Crippen LogP) is 2.24. The van der Waals surface area contributed by atoms with Gasteiger partial charge in [-0.05, 0) is 24.3 Å². The van der Waals surface area contributed by atoms with Gasteiger partial charge in [0.1, 0.15) is 6.61 Å². The first-order valence-electron chi connectivity index (χ1n) is 8.70. The third-order valence-electron chi connectivity index (χ3n) is 4.54. The third kappa shape index (κ3) is 3.85. The molecule has 1 amide bonds. The number of benzene rings is 1. The fourth-order valence-electron chi connectivity index (χ4n) is 3.22. The van der Waals surface area contributed by atoms with Gasteiger partial charge in [0.25, 0.3) is 5.91 Å². The van der Waals surface area contributed by atoms with Crippen LogP contribution in [0.4, 0.5) is 0 Å². The highest BCUT2D eigenvalue weighted by Gasteiger charge is 2.30. The van der Waals surface area contributed by atoms with Crippen molar-refractivity contribution in [1.29, 1.82) is 0 Å². The van der Waals surface area contributed by atoms with Gasteiger partial charge in [-0.3, -0.25) is 9.78 Å². The van der Waals surface area contributed by atoms with Gasteiger partial charge in [0.05, 0.1) is 37.1 Å². The molecule has 3 heterocycles. The zero-order chi connectivity index (χ0) is 18.8. The first-order valence-corrected chi connectivity index (χ1v) is 9.08. The number of amides is 1. The van der Waals surface area contributed by atoms with E-state index in [0.717, 1.165) is 5.56 Å². The van der Waals surface area contributed by atoms with Crippen LogP contribution in [-0.4, -0.2) is 60.0 Å². The van der Waals surface area contributed by atoms with Crippen molar-refractivity contribution in [2.24, 2.45) is 0 Å². The molecule has 7 nitrogen and oxygen atoms in total. The van der Waals surface area contributed by atoms with E-state index < -0.39 is 6.10 Å². The maximum absolute atomic E-state index is 12.8. The molecule has 1 fully saturated rings. The molecule has 2 aliphatic rings. The van der Waals surface area contributed by atoms with Crippen LogP contribution < -0.4 is 4.74 Å². The zero-order valence-electron chi connectivity index (χ0n) is 14.6. The number of phenolic OH excluding ortho intramolecular Hbond substituents is 1. The molecule has 27 heavy (non-hydrogen) atoms. The number of ether oxygens (including phenoxy) is 3. The summed E-state index contributed by atoms with van der Waals surface area (Å²) in [4.78, 5) is 18.7. The van der Waals surface area contributed by atoms with Crippen molar-refractivity contribution < 1.29 is 24.1 Å². The number of carbonyl (C=O) groups is 1. The lowest BCUT2D eigenvalue weighted by molar-refractivity contribution is -0.158. The van der Waals surface area contributed by atoms with E-state index >= 15 is 0 Å². The van der Waals surface area contributed by atoms with Crippen molar-refractivity contribution in [3.63, 3.8) is 0 Å². The van der Waals surface area contributed by atoms with Crippen molar-refractivity contribution in [3.05, 3.63) is 41.0 Å². The molecular weight excluding hydrogens is 372 g/mol. The first-order chi connectivity index (χ1) is 13.1. The molecule has 0 aliphatic carbocycles. The normalized spacial score (nSPS) is 19.7. The lowest BCUT2D eigenvalue weighted by atomic mass is 10.0. The Morgan fingerprint density at radius 3 is 2.89 bits per heavy atom. The molecular formula is C19H19ClN2O5. The van der Waals surface area contributed by atoms with Gasteiger partial charge in [0, 0.05) is 23.9 Å². The largest absolute Gasteiger partial charge is 0.504 e. The quantitative estimate of drug-likeness (QED) is 0.847. The summed E-state index contributed by atoms with van der Waals surface area (Å²) in [5.74, 6) is 0.273. The van der Waals surface area contributed by atoms with Gasteiger partial charge in [-0.25, -0.2) is 0 Å². The van der Waals surface area contributed by atoms with Crippen LogP contribution >= 0.6 is 11.6 Å². The zero-order valence-corrected chi connectivity index (χ0v) is 15.3. The molecule has 1 atom stereocenters. The molecule has 1 aromatic heterocycles. The second-order valence-electron chi connectivity index (χ2n) is 6.39. The molecule has 0 bridgehead atoms. The molecule has 0 radical (unpaired) electrons. The Hall–Kier alpha value is -2.35. The van der Waals surface area contributed by atoms with Crippen LogP contribution in [0.2, 0.25) is 5.02 Å². The van der Waals surface area contributed by atoms with Crippen molar-refractivity contribution in [2.75, 3.05) is 33.0 Å². The van der Waals surface area contributed by atoms with Crippen LogP contribution in [0.1, 0.15) is 5.56 Å². The predicted molar refractivity (Wildman–Crippen MR) is 97.8 cm³/mol. The van der Waals surface area contributed by atoms with Gasteiger partial charge >= 0.3 is 0 Å². The van der Waals surface area contributed by atoms with Gasteiger partial charge in [-0.2, -0.15) is 0 Å². The summed E-state index contributed by atoms with van der Waals surface area (Å²) in [5.41, 5.74) is 2.10. The number of carbonyl (C=O) groups excluding carboxylic acids is 1. The second-order valence-corrected chi connectivity index (χ2v) is 6.82. The van der Waals surface area contributed by atoms with Gasteiger partial charge < -0.3 is 24.2 Å². The smallest absolute Gasteiger partial charge is 0.254 e. The number of halogens is 1. The van der Waals surface area contributed by atoms with E-state index in [1.165, 1.54) is 0 Å². The minimum atomic E-state index is -0.602. The maximum atomic E-state index is 12.8. The highest BCUT2D eigenvalue weighted by Crippen LogP contribution is 2.37. The van der Waals surface area contributed by atoms with Crippen LogP contribution in [-0.2, 0) is 20.8 Å². The van der Waals surface area contributed by atoms with Crippen LogP contribution in [0.3, 0.4) is 0 Å². The van der Waals surface area contributed by atoms with E-state index in [9.17, 15) is 9.90 Å². The van der Waals surface area contributed by atoms with Gasteiger partial charge in [0.2, 0.25) is 0 Å². The number of aromatic hydroxyl groups is 1. The number of fused-ring (bicyclic) bond motifs is 1. The number of pyridine rings is 1. The van der Waals surface area contributed by atoms with E-state index in [4.69, 9.17) is 25.8 Å². The highest BCUT2D eigenvalue weighted by atomic mass is 35.5. The summed E-state index contributed by atoms with van der Waals surface area (Å²) in [5, 5.41) is 11.0. The molecule has 142 valence electrons. The minimum Gasteiger partial charge on any atom is -0.504 e. The SMILES string of the molecule is O=C([C@@H]1COCCO1)N1CCOc2c(O)cc(-c3ccc(Cl)cn3)cc2C1. The molecule has 8 heteroatoms. The van der Waals surface area contributed by atoms with Crippen LogP contribution in [0.15, 0.2) is 30.5 Å². The van der Waals surface area contributed by atoms with E-state index in [1.807, 2.05) is 6.07 Å². The van der Waals surface area contributed by atoms with Crippen molar-refractivity contribution in [2.45, 2.75) is 12.6 Å². The number of aromatic nitrogens is 1. The molecule has 2 aromatic rings. The van der Waals surface area contributed by atoms with E-state index in [1.54, 1.807) is 29.3 Å². The summed E-state index contributed by atoms with van der Waals surface area (Å²) < 4.78 is 16.6. The van der Waals surface area contributed by atoms with Crippen molar-refractivity contribution in [1.82, 2.24) is 9.88 Å². The van der Waals surface area contributed by atoms with Gasteiger partial charge in [-0.1, -0.05) is 11.6 Å². The Morgan fingerprint density at radius 1 is 1.26 bits per heavy atom. The third-order valence-corrected chi connectivity index (χ3v) is 4.76. The molecule has 1 saturated heterocycles. The summed E-state index contributed by atoms with van der Waals surface area (Å²) in [6, 6.07) is 6.98. The van der Waals surface area contributed by atoms with E-state index in [0.29, 0.717) is 54.9 Å². The Kier molecular flexibility index (Phi) is 5.15. The summed E-state index contributed by atoms with van der Waals surface area (Å²) in [7, 11) is 0. The average molecular weight is 391 g/mol. The Balaban J connectivity index is 1.62. The Labute approximate surface area is 161 Å². The minimum absolute atomic E-state index is 0.0193. The number of nitrogens with zero attached hydrogens (tertiary/aromatic N) is 2. The number of phenols is 1. The molecule has 2 aliphatic heterocycles. The van der Waals surface area contributed by atoms with Crippen molar-refractivity contribution >= 4 is 17.5 Å². The number of hydrogen-bond donors (Lipinski definition) is 1. The van der Waals surface area contributed by atoms with Crippen molar-refractivity contribution in [3.8, 4) is 22.8 Å². The van der Waals surface area contributed by atoms with E-state index in [-0.39, 0.29) is 18.3 Å². The number of rotatable bonds is 2. The number of hydrogen-bond acceptors (Lipinski definition) is 6. The van der Waals surface area contributed by atoms with E-state index in [2.05, 4.69) is 4.98 Å². The first kappa shape index (κ1) is 18.0.